The molecule has 17 heavy (non-hydrogen) atoms. The molecule has 1 aromatic rings. The molecule has 3 heteroatoms. The van der Waals surface area contributed by atoms with Crippen LogP contribution in [0.1, 0.15) is 57.3 Å². The van der Waals surface area contributed by atoms with Gasteiger partial charge in [-0.3, -0.25) is 0 Å². The van der Waals surface area contributed by atoms with Crippen LogP contribution in [0.4, 0.5) is 0 Å². The smallest absolute Gasteiger partial charge is 0.126 e. The standard InChI is InChI=1S/C14H25N3/c1-3-10-17-11-9-16-14(17)13(15-2)12-7-5-4-6-8-12/h9,11-13,15H,3-8,10H2,1-2H3. The Hall–Kier alpha value is -0.830. The van der Waals surface area contributed by atoms with E-state index >= 15 is 0 Å². The van der Waals surface area contributed by atoms with Gasteiger partial charge in [0.25, 0.3) is 0 Å². The number of nitrogens with one attached hydrogen (secondary N) is 1. The van der Waals surface area contributed by atoms with Gasteiger partial charge in [-0.15, -0.1) is 0 Å². The summed E-state index contributed by atoms with van der Waals surface area (Å²) in [4.78, 5) is 4.58. The van der Waals surface area contributed by atoms with E-state index in [1.165, 1.54) is 44.3 Å². The maximum absolute atomic E-state index is 4.58. The molecular formula is C14H25N3. The molecule has 1 aromatic heterocycles. The lowest BCUT2D eigenvalue weighted by Crippen LogP contribution is -2.29. The summed E-state index contributed by atoms with van der Waals surface area (Å²) < 4.78 is 2.32. The Morgan fingerprint density at radius 1 is 1.41 bits per heavy atom. The van der Waals surface area contributed by atoms with E-state index in [9.17, 15) is 0 Å². The van der Waals surface area contributed by atoms with Crippen LogP contribution in [-0.4, -0.2) is 16.6 Å². The number of nitrogens with zero attached hydrogens (tertiary/aromatic N) is 2. The van der Waals surface area contributed by atoms with Crippen LogP contribution >= 0.6 is 0 Å². The van der Waals surface area contributed by atoms with E-state index < -0.39 is 0 Å². The summed E-state index contributed by atoms with van der Waals surface area (Å²) in [5.41, 5.74) is 0. The van der Waals surface area contributed by atoms with Crippen LogP contribution < -0.4 is 5.32 Å². The lowest BCUT2D eigenvalue weighted by atomic mass is 9.83. The average molecular weight is 235 g/mol. The first-order chi connectivity index (χ1) is 8.36. The van der Waals surface area contributed by atoms with Gasteiger partial charge in [0, 0.05) is 18.9 Å². The van der Waals surface area contributed by atoms with Gasteiger partial charge in [-0.25, -0.2) is 4.98 Å². The molecule has 0 radical (unpaired) electrons. The zero-order chi connectivity index (χ0) is 12.1. The van der Waals surface area contributed by atoms with Crippen molar-refractivity contribution >= 4 is 0 Å². The molecule has 1 aliphatic rings. The number of hydrogen-bond donors (Lipinski definition) is 1. The number of aryl methyl sites for hydroxylation is 1. The van der Waals surface area contributed by atoms with E-state index in [-0.39, 0.29) is 0 Å². The Morgan fingerprint density at radius 2 is 2.18 bits per heavy atom. The minimum absolute atomic E-state index is 0.442. The molecular weight excluding hydrogens is 210 g/mol. The van der Waals surface area contributed by atoms with Crippen molar-refractivity contribution < 1.29 is 0 Å². The Bertz CT molecular complexity index is 326. The van der Waals surface area contributed by atoms with Gasteiger partial charge in [-0.2, -0.15) is 0 Å². The second kappa shape index (κ2) is 6.20. The summed E-state index contributed by atoms with van der Waals surface area (Å²) in [7, 11) is 2.07. The van der Waals surface area contributed by atoms with Gasteiger partial charge in [0.2, 0.25) is 0 Å². The summed E-state index contributed by atoms with van der Waals surface area (Å²) in [6.07, 6.45) is 12.1. The fourth-order valence-corrected chi connectivity index (χ4v) is 3.07. The zero-order valence-electron chi connectivity index (χ0n) is 11.2. The third-order valence-corrected chi connectivity index (χ3v) is 3.92. The van der Waals surface area contributed by atoms with Crippen molar-refractivity contribution in [3.63, 3.8) is 0 Å². The van der Waals surface area contributed by atoms with Crippen LogP contribution in [0.5, 0.6) is 0 Å². The van der Waals surface area contributed by atoms with E-state index in [2.05, 4.69) is 35.0 Å². The number of aromatic nitrogens is 2. The van der Waals surface area contributed by atoms with Crippen molar-refractivity contribution in [2.75, 3.05) is 7.05 Å². The highest BCUT2D eigenvalue weighted by Crippen LogP contribution is 2.33. The highest BCUT2D eigenvalue weighted by Gasteiger charge is 2.26. The van der Waals surface area contributed by atoms with Gasteiger partial charge in [0.15, 0.2) is 0 Å². The van der Waals surface area contributed by atoms with E-state index in [1.54, 1.807) is 0 Å². The lowest BCUT2D eigenvalue weighted by molar-refractivity contribution is 0.268. The first kappa shape index (κ1) is 12.6. The molecule has 0 amide bonds. The molecule has 96 valence electrons. The van der Waals surface area contributed by atoms with Crippen LogP contribution in [0.25, 0.3) is 0 Å². The van der Waals surface area contributed by atoms with Crippen molar-refractivity contribution in [1.29, 1.82) is 0 Å². The van der Waals surface area contributed by atoms with Crippen LogP contribution in [0.3, 0.4) is 0 Å². The van der Waals surface area contributed by atoms with Gasteiger partial charge < -0.3 is 9.88 Å². The minimum Gasteiger partial charge on any atom is -0.334 e. The normalized spacial score (nSPS) is 19.4. The summed E-state index contributed by atoms with van der Waals surface area (Å²) in [6.45, 7) is 3.30. The van der Waals surface area contributed by atoms with Crippen LogP contribution in [0.2, 0.25) is 0 Å². The van der Waals surface area contributed by atoms with E-state index in [0.717, 1.165) is 12.5 Å². The monoisotopic (exact) mass is 235 g/mol. The van der Waals surface area contributed by atoms with E-state index in [4.69, 9.17) is 0 Å². The summed E-state index contributed by atoms with van der Waals surface area (Å²) in [5, 5.41) is 3.49. The van der Waals surface area contributed by atoms with Gasteiger partial charge in [0.05, 0.1) is 6.04 Å². The number of hydrogen-bond acceptors (Lipinski definition) is 2. The molecule has 1 saturated carbocycles. The molecule has 1 fully saturated rings. The SMILES string of the molecule is CCCn1ccnc1C(NC)C1CCCCC1. The van der Waals surface area contributed by atoms with Crippen molar-refractivity contribution in [1.82, 2.24) is 14.9 Å². The van der Waals surface area contributed by atoms with Gasteiger partial charge >= 0.3 is 0 Å². The summed E-state index contributed by atoms with van der Waals surface area (Å²) in [6, 6.07) is 0.442. The van der Waals surface area contributed by atoms with Crippen molar-refractivity contribution in [3.05, 3.63) is 18.2 Å². The summed E-state index contributed by atoms with van der Waals surface area (Å²) >= 11 is 0. The van der Waals surface area contributed by atoms with Gasteiger partial charge in [-0.1, -0.05) is 26.2 Å². The Kier molecular flexibility index (Phi) is 4.60. The zero-order valence-corrected chi connectivity index (χ0v) is 11.2. The largest absolute Gasteiger partial charge is 0.334 e. The molecule has 2 rings (SSSR count). The fourth-order valence-electron chi connectivity index (χ4n) is 3.07. The third-order valence-electron chi connectivity index (χ3n) is 3.92. The maximum atomic E-state index is 4.58. The van der Waals surface area contributed by atoms with Crippen LogP contribution in [0.15, 0.2) is 12.4 Å². The van der Waals surface area contributed by atoms with Gasteiger partial charge in [-0.05, 0) is 32.2 Å². The Balaban J connectivity index is 2.12. The van der Waals surface area contributed by atoms with Crippen LogP contribution in [0, 0.1) is 5.92 Å². The second-order valence-corrected chi connectivity index (χ2v) is 5.14. The van der Waals surface area contributed by atoms with E-state index in [0.29, 0.717) is 6.04 Å². The van der Waals surface area contributed by atoms with Crippen molar-refractivity contribution in [3.8, 4) is 0 Å². The average Bonchev–Trinajstić information content (AvgIpc) is 2.81. The first-order valence-corrected chi connectivity index (χ1v) is 7.05. The van der Waals surface area contributed by atoms with Crippen molar-refractivity contribution in [2.24, 2.45) is 5.92 Å². The maximum Gasteiger partial charge on any atom is 0.126 e. The highest BCUT2D eigenvalue weighted by molar-refractivity contribution is 5.02. The molecule has 1 heterocycles. The van der Waals surface area contributed by atoms with Gasteiger partial charge in [0.1, 0.15) is 5.82 Å². The predicted molar refractivity (Wildman–Crippen MR) is 70.9 cm³/mol. The molecule has 0 bridgehead atoms. The predicted octanol–water partition coefficient (Wildman–Crippen LogP) is 3.13. The summed E-state index contributed by atoms with van der Waals surface area (Å²) in [5.74, 6) is 2.01. The minimum atomic E-state index is 0.442. The molecule has 0 aliphatic heterocycles. The highest BCUT2D eigenvalue weighted by atomic mass is 15.1. The Morgan fingerprint density at radius 3 is 2.82 bits per heavy atom. The number of rotatable bonds is 5. The molecule has 0 spiro atoms. The second-order valence-electron chi connectivity index (χ2n) is 5.14. The molecule has 1 atom stereocenters. The quantitative estimate of drug-likeness (QED) is 0.849. The third kappa shape index (κ3) is 2.89. The fraction of sp³-hybridized carbons (Fsp3) is 0.786. The molecule has 1 unspecified atom stereocenters. The van der Waals surface area contributed by atoms with E-state index in [1.807, 2.05) is 6.20 Å². The number of imidazole rings is 1. The Labute approximate surface area is 105 Å². The molecule has 1 N–H and O–H groups in total. The first-order valence-electron chi connectivity index (χ1n) is 7.05. The molecule has 1 aliphatic carbocycles. The lowest BCUT2D eigenvalue weighted by Gasteiger charge is -2.30. The molecule has 3 nitrogen and oxygen atoms in total. The molecule has 0 aromatic carbocycles. The topological polar surface area (TPSA) is 29.9 Å². The molecule has 0 saturated heterocycles. The van der Waals surface area contributed by atoms with Crippen LogP contribution in [-0.2, 0) is 6.54 Å². The van der Waals surface area contributed by atoms with Crippen molar-refractivity contribution in [2.45, 2.75) is 58.0 Å².